The second-order valence-corrected chi connectivity index (χ2v) is 8.57. The quantitative estimate of drug-likeness (QED) is 0.562. The number of ether oxygens (including phenoxy) is 1. The molecule has 8 nitrogen and oxygen atoms in total. The predicted molar refractivity (Wildman–Crippen MR) is 129 cm³/mol. The number of nitrogens with zero attached hydrogens (tertiary/aromatic N) is 4. The molecule has 3 aromatic rings. The molecule has 172 valence electrons. The molecule has 4 rings (SSSR count). The van der Waals surface area contributed by atoms with E-state index in [2.05, 4.69) is 25.6 Å². The largest absolute Gasteiger partial charge is 0.438 e. The van der Waals surface area contributed by atoms with Crippen LogP contribution in [0.25, 0.3) is 0 Å². The molecule has 2 aromatic heterocycles. The molecule has 0 spiro atoms. The third-order valence-corrected chi connectivity index (χ3v) is 5.75. The lowest BCUT2D eigenvalue weighted by atomic mass is 9.91. The fourth-order valence-electron chi connectivity index (χ4n) is 3.86. The number of rotatable bonds is 7. The van der Waals surface area contributed by atoms with Crippen molar-refractivity contribution >= 4 is 17.7 Å². The summed E-state index contributed by atoms with van der Waals surface area (Å²) in [7, 11) is 3.92. The van der Waals surface area contributed by atoms with Gasteiger partial charge in [0.25, 0.3) is 5.91 Å². The van der Waals surface area contributed by atoms with Crippen LogP contribution in [0.15, 0.2) is 54.9 Å². The van der Waals surface area contributed by atoms with E-state index in [0.29, 0.717) is 23.1 Å². The third kappa shape index (κ3) is 5.97. The van der Waals surface area contributed by atoms with Gasteiger partial charge in [-0.05, 0) is 62.9 Å². The van der Waals surface area contributed by atoms with Crippen LogP contribution >= 0.6 is 0 Å². The summed E-state index contributed by atoms with van der Waals surface area (Å²) in [6.45, 7) is 2.02. The van der Waals surface area contributed by atoms with E-state index in [-0.39, 0.29) is 18.0 Å². The van der Waals surface area contributed by atoms with Gasteiger partial charge < -0.3 is 20.3 Å². The van der Waals surface area contributed by atoms with Gasteiger partial charge >= 0.3 is 0 Å². The van der Waals surface area contributed by atoms with Gasteiger partial charge in [-0.2, -0.15) is 4.98 Å². The van der Waals surface area contributed by atoms with Crippen molar-refractivity contribution < 1.29 is 9.53 Å². The van der Waals surface area contributed by atoms with E-state index in [1.54, 1.807) is 24.5 Å². The van der Waals surface area contributed by atoms with Crippen molar-refractivity contribution in [2.24, 2.45) is 0 Å². The second kappa shape index (κ2) is 10.3. The van der Waals surface area contributed by atoms with Gasteiger partial charge in [-0.25, -0.2) is 9.97 Å². The second-order valence-electron chi connectivity index (χ2n) is 8.57. The monoisotopic (exact) mass is 446 g/mol. The van der Waals surface area contributed by atoms with Crippen LogP contribution in [0.1, 0.15) is 41.6 Å². The maximum absolute atomic E-state index is 13.0. The number of anilines is 2. The zero-order valence-corrected chi connectivity index (χ0v) is 19.3. The number of hydrogen-bond donors (Lipinski definition) is 2. The standard InChI is InChI=1S/C25H30N6O2/c1-17-6-12-20(13-7-17)33-24-21(5-4-15-26-24)23(32)28-18-8-10-19(11-9-18)29-25-27-16-14-22(30-25)31(2)3/h4-7,12-16,18-19H,8-11H2,1-3H3,(H,28,32)(H,27,29,30). The SMILES string of the molecule is Cc1ccc(Oc2ncccc2C(=O)NC2CCC(Nc3nccc(N(C)C)n3)CC2)cc1. The van der Waals surface area contributed by atoms with Crippen LogP contribution in [0.3, 0.4) is 0 Å². The highest BCUT2D eigenvalue weighted by molar-refractivity contribution is 5.96. The summed E-state index contributed by atoms with van der Waals surface area (Å²) in [6.07, 6.45) is 7.02. The molecule has 0 unspecified atom stereocenters. The highest BCUT2D eigenvalue weighted by Crippen LogP contribution is 2.25. The molecule has 1 aromatic carbocycles. The first-order chi connectivity index (χ1) is 16.0. The van der Waals surface area contributed by atoms with E-state index < -0.39 is 0 Å². The molecule has 0 aliphatic heterocycles. The summed E-state index contributed by atoms with van der Waals surface area (Å²) in [5.41, 5.74) is 1.58. The van der Waals surface area contributed by atoms with Gasteiger partial charge in [0.15, 0.2) is 0 Å². The predicted octanol–water partition coefficient (Wildman–Crippen LogP) is 4.19. The summed E-state index contributed by atoms with van der Waals surface area (Å²) in [4.78, 5) is 28.1. The van der Waals surface area contributed by atoms with Gasteiger partial charge in [0, 0.05) is 38.6 Å². The summed E-state index contributed by atoms with van der Waals surface area (Å²) >= 11 is 0. The maximum atomic E-state index is 13.0. The average Bonchev–Trinajstić information content (AvgIpc) is 2.82. The van der Waals surface area contributed by atoms with Crippen molar-refractivity contribution in [1.82, 2.24) is 20.3 Å². The number of carbonyl (C=O) groups is 1. The van der Waals surface area contributed by atoms with Gasteiger partial charge in [0.05, 0.1) is 0 Å². The highest BCUT2D eigenvalue weighted by Gasteiger charge is 2.24. The fraction of sp³-hybridized carbons (Fsp3) is 0.360. The Bertz CT molecular complexity index is 1080. The van der Waals surface area contributed by atoms with E-state index in [1.807, 2.05) is 56.3 Å². The third-order valence-electron chi connectivity index (χ3n) is 5.75. The zero-order valence-electron chi connectivity index (χ0n) is 19.3. The van der Waals surface area contributed by atoms with Gasteiger partial charge in [-0.1, -0.05) is 17.7 Å². The molecule has 33 heavy (non-hydrogen) atoms. The summed E-state index contributed by atoms with van der Waals surface area (Å²) in [5, 5.41) is 6.58. The topological polar surface area (TPSA) is 92.3 Å². The molecule has 1 fully saturated rings. The molecule has 2 N–H and O–H groups in total. The Morgan fingerprint density at radius 2 is 1.70 bits per heavy atom. The van der Waals surface area contributed by atoms with E-state index in [1.165, 1.54) is 0 Å². The van der Waals surface area contributed by atoms with Crippen LogP contribution in [0.4, 0.5) is 11.8 Å². The van der Waals surface area contributed by atoms with Gasteiger partial charge in [0.1, 0.15) is 17.1 Å². The molecule has 1 aliphatic rings. The summed E-state index contributed by atoms with van der Waals surface area (Å²) in [6, 6.07) is 13.4. The summed E-state index contributed by atoms with van der Waals surface area (Å²) < 4.78 is 5.89. The van der Waals surface area contributed by atoms with Crippen molar-refractivity contribution in [3.63, 3.8) is 0 Å². The Hall–Kier alpha value is -3.68. The van der Waals surface area contributed by atoms with Crippen LogP contribution in [0.5, 0.6) is 11.6 Å². The minimum Gasteiger partial charge on any atom is -0.438 e. The molecule has 0 saturated heterocycles. The zero-order chi connectivity index (χ0) is 23.2. The summed E-state index contributed by atoms with van der Waals surface area (Å²) in [5.74, 6) is 2.31. The molecule has 1 aliphatic carbocycles. The Morgan fingerprint density at radius 1 is 0.970 bits per heavy atom. The number of carbonyl (C=O) groups excluding carboxylic acids is 1. The van der Waals surface area contributed by atoms with Crippen molar-refractivity contribution in [2.45, 2.75) is 44.7 Å². The number of aromatic nitrogens is 3. The first-order valence-electron chi connectivity index (χ1n) is 11.3. The molecule has 8 heteroatoms. The highest BCUT2D eigenvalue weighted by atomic mass is 16.5. The molecule has 2 heterocycles. The Kier molecular flexibility index (Phi) is 7.02. The van der Waals surface area contributed by atoms with E-state index in [0.717, 1.165) is 37.1 Å². The number of amides is 1. The molecule has 1 saturated carbocycles. The van der Waals surface area contributed by atoms with Crippen molar-refractivity contribution in [3.05, 3.63) is 66.0 Å². The normalized spacial score (nSPS) is 17.8. The minimum atomic E-state index is -0.163. The first-order valence-corrected chi connectivity index (χ1v) is 11.3. The molecule has 0 radical (unpaired) electrons. The lowest BCUT2D eigenvalue weighted by Crippen LogP contribution is -2.40. The molecular formula is C25H30N6O2. The number of pyridine rings is 1. The van der Waals surface area contributed by atoms with Gasteiger partial charge in [0.2, 0.25) is 11.8 Å². The Labute approximate surface area is 194 Å². The van der Waals surface area contributed by atoms with Crippen LogP contribution in [0.2, 0.25) is 0 Å². The fourth-order valence-corrected chi connectivity index (χ4v) is 3.86. The molecular weight excluding hydrogens is 416 g/mol. The maximum Gasteiger partial charge on any atom is 0.257 e. The van der Waals surface area contributed by atoms with Crippen molar-refractivity contribution in [3.8, 4) is 11.6 Å². The molecule has 1 amide bonds. The van der Waals surface area contributed by atoms with Crippen molar-refractivity contribution in [1.29, 1.82) is 0 Å². The molecule has 0 bridgehead atoms. The first kappa shape index (κ1) is 22.5. The molecule has 0 atom stereocenters. The smallest absolute Gasteiger partial charge is 0.257 e. The van der Waals surface area contributed by atoms with E-state index in [9.17, 15) is 4.79 Å². The Balaban J connectivity index is 1.32. The van der Waals surface area contributed by atoms with Crippen LogP contribution in [0, 0.1) is 6.92 Å². The number of hydrogen-bond acceptors (Lipinski definition) is 7. The van der Waals surface area contributed by atoms with Crippen molar-refractivity contribution in [2.75, 3.05) is 24.3 Å². The lowest BCUT2D eigenvalue weighted by Gasteiger charge is -2.30. The number of nitrogens with one attached hydrogen (secondary N) is 2. The van der Waals surface area contributed by atoms with E-state index in [4.69, 9.17) is 4.74 Å². The minimum absolute atomic E-state index is 0.108. The van der Waals surface area contributed by atoms with Crippen LogP contribution in [-0.4, -0.2) is 47.0 Å². The number of benzene rings is 1. The van der Waals surface area contributed by atoms with Gasteiger partial charge in [-0.3, -0.25) is 4.79 Å². The Morgan fingerprint density at radius 3 is 2.42 bits per heavy atom. The van der Waals surface area contributed by atoms with Gasteiger partial charge in [-0.15, -0.1) is 0 Å². The van der Waals surface area contributed by atoms with Crippen LogP contribution in [-0.2, 0) is 0 Å². The average molecular weight is 447 g/mol. The van der Waals surface area contributed by atoms with Crippen LogP contribution < -0.4 is 20.3 Å². The van der Waals surface area contributed by atoms with E-state index >= 15 is 0 Å². The lowest BCUT2D eigenvalue weighted by molar-refractivity contribution is 0.0923. The number of aryl methyl sites for hydroxylation is 1.